The summed E-state index contributed by atoms with van der Waals surface area (Å²) in [6.45, 7) is 3.53. The Labute approximate surface area is 198 Å². The number of hydrogen-bond acceptors (Lipinski definition) is 4. The number of nitrogens with zero attached hydrogens (tertiary/aromatic N) is 1. The number of halogens is 2. The SMILES string of the molecule is CC(C(=O)N[C@H](CN1CCC(O)C1)c1ccc(N)cc1)(c1ccc(F)cc1)c1ccc(F)cc1. The van der Waals surface area contributed by atoms with Gasteiger partial charge in [-0.1, -0.05) is 36.4 Å². The molecule has 1 amide bonds. The second-order valence-electron chi connectivity index (χ2n) is 9.03. The fourth-order valence-electron chi connectivity index (χ4n) is 4.50. The van der Waals surface area contributed by atoms with Gasteiger partial charge in [0.1, 0.15) is 11.6 Å². The smallest absolute Gasteiger partial charge is 0.235 e. The van der Waals surface area contributed by atoms with E-state index in [1.54, 1.807) is 43.3 Å². The highest BCUT2D eigenvalue weighted by atomic mass is 19.1. The molecule has 0 radical (unpaired) electrons. The zero-order valence-electron chi connectivity index (χ0n) is 19.0. The van der Waals surface area contributed by atoms with Crippen LogP contribution in [0.4, 0.5) is 14.5 Å². The van der Waals surface area contributed by atoms with Crippen molar-refractivity contribution in [1.82, 2.24) is 10.2 Å². The number of rotatable bonds is 7. The third-order valence-corrected chi connectivity index (χ3v) is 6.63. The minimum Gasteiger partial charge on any atom is -0.399 e. The Morgan fingerprint density at radius 2 is 1.56 bits per heavy atom. The Kier molecular flexibility index (Phi) is 6.95. The molecule has 0 spiro atoms. The van der Waals surface area contributed by atoms with Crippen LogP contribution in [0.15, 0.2) is 72.8 Å². The van der Waals surface area contributed by atoms with Crippen LogP contribution in [0.25, 0.3) is 0 Å². The van der Waals surface area contributed by atoms with E-state index >= 15 is 0 Å². The Morgan fingerprint density at radius 1 is 1.03 bits per heavy atom. The number of carbonyl (C=O) groups excluding carboxylic acids is 1. The molecule has 3 aromatic carbocycles. The number of nitrogens with one attached hydrogen (secondary N) is 1. The minimum atomic E-state index is -1.20. The topological polar surface area (TPSA) is 78.6 Å². The van der Waals surface area contributed by atoms with E-state index in [2.05, 4.69) is 10.2 Å². The van der Waals surface area contributed by atoms with E-state index in [1.807, 2.05) is 12.1 Å². The van der Waals surface area contributed by atoms with Gasteiger partial charge in [-0.05, 0) is 66.4 Å². The first kappa shape index (κ1) is 23.9. The summed E-state index contributed by atoms with van der Waals surface area (Å²) in [6, 6.07) is 18.5. The van der Waals surface area contributed by atoms with E-state index in [0.29, 0.717) is 36.3 Å². The van der Waals surface area contributed by atoms with Crippen molar-refractivity contribution in [2.24, 2.45) is 0 Å². The molecule has 0 bridgehead atoms. The van der Waals surface area contributed by atoms with Crippen LogP contribution in [0.2, 0.25) is 0 Å². The first-order valence-electron chi connectivity index (χ1n) is 11.3. The third-order valence-electron chi connectivity index (χ3n) is 6.63. The molecule has 1 fully saturated rings. The quantitative estimate of drug-likeness (QED) is 0.464. The molecule has 0 aliphatic carbocycles. The summed E-state index contributed by atoms with van der Waals surface area (Å²) in [7, 11) is 0. The highest BCUT2D eigenvalue weighted by Crippen LogP contribution is 2.34. The van der Waals surface area contributed by atoms with Crippen LogP contribution in [0.5, 0.6) is 0 Å². The number of nitrogens with two attached hydrogens (primary N) is 1. The first-order valence-corrected chi connectivity index (χ1v) is 11.3. The van der Waals surface area contributed by atoms with Gasteiger partial charge in [-0.3, -0.25) is 9.69 Å². The molecule has 1 aliphatic rings. The number of β-amino-alcohol motifs (C(OH)–C–C–N with tert-alkyl or cyclic N) is 1. The van der Waals surface area contributed by atoms with Gasteiger partial charge in [0.2, 0.25) is 5.91 Å². The molecule has 1 heterocycles. The summed E-state index contributed by atoms with van der Waals surface area (Å²) in [4.78, 5) is 16.0. The molecule has 2 atom stereocenters. The van der Waals surface area contributed by atoms with Crippen LogP contribution in [-0.4, -0.2) is 41.7 Å². The van der Waals surface area contributed by atoms with Crippen LogP contribution in [0, 0.1) is 11.6 Å². The third kappa shape index (κ3) is 5.11. The summed E-state index contributed by atoms with van der Waals surface area (Å²) < 4.78 is 27.3. The molecule has 4 N–H and O–H groups in total. The van der Waals surface area contributed by atoms with Crippen molar-refractivity contribution in [3.8, 4) is 0 Å². The van der Waals surface area contributed by atoms with E-state index in [9.17, 15) is 18.7 Å². The lowest BCUT2D eigenvalue weighted by Gasteiger charge is -2.33. The van der Waals surface area contributed by atoms with Gasteiger partial charge < -0.3 is 16.2 Å². The normalized spacial score (nSPS) is 17.5. The fourth-order valence-corrected chi connectivity index (χ4v) is 4.50. The number of likely N-dealkylation sites (tertiary alicyclic amines) is 1. The molecule has 178 valence electrons. The predicted octanol–water partition coefficient (Wildman–Crippen LogP) is 3.78. The number of nitrogen functional groups attached to an aromatic ring is 1. The van der Waals surface area contributed by atoms with Crippen LogP contribution < -0.4 is 11.1 Å². The summed E-state index contributed by atoms with van der Waals surface area (Å²) in [6.07, 6.45) is 0.303. The minimum absolute atomic E-state index is 0.299. The van der Waals surface area contributed by atoms with E-state index < -0.39 is 17.0 Å². The zero-order valence-corrected chi connectivity index (χ0v) is 19.0. The van der Waals surface area contributed by atoms with E-state index in [-0.39, 0.29) is 18.1 Å². The predicted molar refractivity (Wildman–Crippen MR) is 128 cm³/mol. The first-order chi connectivity index (χ1) is 16.3. The average Bonchev–Trinajstić information content (AvgIpc) is 3.24. The molecule has 0 saturated carbocycles. The molecule has 1 saturated heterocycles. The molecule has 4 rings (SSSR count). The van der Waals surface area contributed by atoms with Gasteiger partial charge in [0, 0.05) is 25.3 Å². The van der Waals surface area contributed by atoms with Crippen molar-refractivity contribution in [3.05, 3.63) is 101 Å². The molecular formula is C27H29F2N3O2. The van der Waals surface area contributed by atoms with Crippen molar-refractivity contribution >= 4 is 11.6 Å². The number of aliphatic hydroxyl groups excluding tert-OH is 1. The Bertz CT molecular complexity index is 1070. The summed E-state index contributed by atoms with van der Waals surface area (Å²) in [5.41, 5.74) is 7.34. The standard InChI is InChI=1S/C27H29F2N3O2/c1-27(19-4-8-21(28)9-5-19,20-6-10-22(29)11-7-20)26(34)31-25(17-32-15-14-24(33)16-32)18-2-12-23(30)13-3-18/h2-13,24-25,33H,14-17,30H2,1H3,(H,31,34)/t24?,25-/m1/s1. The maximum absolute atomic E-state index is 13.9. The van der Waals surface area contributed by atoms with Gasteiger partial charge in [-0.25, -0.2) is 8.78 Å². The fraction of sp³-hybridized carbons (Fsp3) is 0.296. The van der Waals surface area contributed by atoms with E-state index in [4.69, 9.17) is 5.73 Å². The molecule has 5 nitrogen and oxygen atoms in total. The lowest BCUT2D eigenvalue weighted by Crippen LogP contribution is -2.47. The zero-order chi connectivity index (χ0) is 24.3. The van der Waals surface area contributed by atoms with Crippen molar-refractivity contribution in [2.75, 3.05) is 25.4 Å². The lowest BCUT2D eigenvalue weighted by atomic mass is 9.75. The highest BCUT2D eigenvalue weighted by Gasteiger charge is 2.39. The van der Waals surface area contributed by atoms with Gasteiger partial charge in [0.25, 0.3) is 0 Å². The molecule has 1 unspecified atom stereocenters. The average molecular weight is 466 g/mol. The molecular weight excluding hydrogens is 436 g/mol. The monoisotopic (exact) mass is 465 g/mol. The number of anilines is 1. The van der Waals surface area contributed by atoms with Crippen LogP contribution in [0.1, 0.15) is 36.1 Å². The van der Waals surface area contributed by atoms with Crippen molar-refractivity contribution in [2.45, 2.75) is 30.9 Å². The summed E-state index contributed by atoms with van der Waals surface area (Å²) in [5.74, 6) is -1.11. The second-order valence-corrected chi connectivity index (χ2v) is 9.03. The largest absolute Gasteiger partial charge is 0.399 e. The highest BCUT2D eigenvalue weighted by molar-refractivity contribution is 5.92. The van der Waals surface area contributed by atoms with Gasteiger partial charge in [0.15, 0.2) is 0 Å². The van der Waals surface area contributed by atoms with E-state index in [0.717, 1.165) is 12.1 Å². The molecule has 7 heteroatoms. The molecule has 0 aromatic heterocycles. The number of hydrogen-bond donors (Lipinski definition) is 3. The molecule has 1 aliphatic heterocycles. The maximum atomic E-state index is 13.9. The van der Waals surface area contributed by atoms with E-state index in [1.165, 1.54) is 24.3 Å². The Hall–Kier alpha value is -3.29. The van der Waals surface area contributed by atoms with Gasteiger partial charge >= 0.3 is 0 Å². The second kappa shape index (κ2) is 9.91. The number of benzene rings is 3. The van der Waals surface area contributed by atoms with Gasteiger partial charge in [-0.2, -0.15) is 0 Å². The summed E-state index contributed by atoms with van der Waals surface area (Å²) >= 11 is 0. The number of carbonyl (C=O) groups is 1. The Morgan fingerprint density at radius 3 is 2.03 bits per heavy atom. The van der Waals surface area contributed by atoms with Crippen LogP contribution in [-0.2, 0) is 10.2 Å². The molecule has 34 heavy (non-hydrogen) atoms. The summed E-state index contributed by atoms with van der Waals surface area (Å²) in [5, 5.41) is 13.1. The van der Waals surface area contributed by atoms with Crippen molar-refractivity contribution in [1.29, 1.82) is 0 Å². The van der Waals surface area contributed by atoms with Gasteiger partial charge in [0.05, 0.1) is 17.6 Å². The lowest BCUT2D eigenvalue weighted by molar-refractivity contribution is -0.125. The van der Waals surface area contributed by atoms with Crippen LogP contribution in [0.3, 0.4) is 0 Å². The number of aliphatic hydroxyl groups is 1. The van der Waals surface area contributed by atoms with Crippen molar-refractivity contribution < 1.29 is 18.7 Å². The van der Waals surface area contributed by atoms with Gasteiger partial charge in [-0.15, -0.1) is 0 Å². The van der Waals surface area contributed by atoms with Crippen LogP contribution >= 0.6 is 0 Å². The maximum Gasteiger partial charge on any atom is 0.235 e. The Balaban J connectivity index is 1.69. The number of amides is 1. The molecule has 3 aromatic rings. The van der Waals surface area contributed by atoms with Crippen molar-refractivity contribution in [3.63, 3.8) is 0 Å².